The summed E-state index contributed by atoms with van der Waals surface area (Å²) in [5.41, 5.74) is 0. The van der Waals surface area contributed by atoms with E-state index in [9.17, 15) is 16.8 Å². The van der Waals surface area contributed by atoms with E-state index in [0.29, 0.717) is 59.2 Å². The third-order valence-electron chi connectivity index (χ3n) is 4.12. The largest absolute Gasteiger partial charge is 2.00 e. The quantitative estimate of drug-likeness (QED) is 0.120. The Morgan fingerprint density at radius 1 is 0.759 bits per heavy atom. The molecule has 0 saturated carbocycles. The zero-order valence-corrected chi connectivity index (χ0v) is 22.3. The molecule has 2 aliphatic heterocycles. The maximum Gasteiger partial charge on any atom is 2.00 e. The van der Waals surface area contributed by atoms with Gasteiger partial charge in [-0.3, -0.25) is 0 Å². The summed E-state index contributed by atoms with van der Waals surface area (Å²) in [6, 6.07) is 0.195. The Labute approximate surface area is 211 Å². The number of rotatable bonds is 8. The van der Waals surface area contributed by atoms with Gasteiger partial charge in [0.05, 0.1) is 23.0 Å². The Bertz CT molecular complexity index is 672. The number of thiocarbonyl (C=S) groups is 2. The van der Waals surface area contributed by atoms with Gasteiger partial charge in [-0.25, -0.2) is 16.8 Å². The van der Waals surface area contributed by atoms with Gasteiger partial charge in [-0.1, -0.05) is 8.64 Å². The van der Waals surface area contributed by atoms with Crippen LogP contribution in [0.5, 0.6) is 0 Å². The zero-order valence-electron chi connectivity index (χ0n) is 16.0. The van der Waals surface area contributed by atoms with Gasteiger partial charge < -0.3 is 71.0 Å². The summed E-state index contributed by atoms with van der Waals surface area (Å²) in [7, 11) is -5.56. The average Bonchev–Trinajstić information content (AvgIpc) is 3.09. The SMILES string of the molecule is O=S1(=O)CCC(NCCNC(=S)[S-])C1.O=S1(=O)CCC(NCCNC(=S)[S-])C1.[Mg+2]. The molecule has 0 amide bonds. The van der Waals surface area contributed by atoms with Crippen LogP contribution < -0.4 is 21.3 Å². The Kier molecular flexibility index (Phi) is 15.2. The fourth-order valence-corrected chi connectivity index (χ4v) is 6.62. The number of hydrogen-bond acceptors (Lipinski definition) is 10. The second-order valence-electron chi connectivity index (χ2n) is 6.54. The normalized spacial score (nSPS) is 23.9. The maximum absolute atomic E-state index is 11.1. The van der Waals surface area contributed by atoms with E-state index in [1.165, 1.54) is 0 Å². The van der Waals surface area contributed by atoms with Gasteiger partial charge in [0.2, 0.25) is 0 Å². The average molecular weight is 531 g/mol. The monoisotopic (exact) mass is 530 g/mol. The van der Waals surface area contributed by atoms with Crippen molar-refractivity contribution in [1.29, 1.82) is 0 Å². The maximum atomic E-state index is 11.1. The first-order valence-corrected chi connectivity index (χ1v) is 14.0. The van der Waals surface area contributed by atoms with Crippen LogP contribution in [-0.2, 0) is 44.9 Å². The molecule has 29 heavy (non-hydrogen) atoms. The van der Waals surface area contributed by atoms with Crippen LogP contribution in [-0.4, -0.2) is 110 Å². The summed E-state index contributed by atoms with van der Waals surface area (Å²) in [5, 5.41) is 11.9. The van der Waals surface area contributed by atoms with Gasteiger partial charge in [-0.15, -0.1) is 0 Å². The molecule has 2 fully saturated rings. The molecule has 2 heterocycles. The first kappa shape index (κ1) is 29.8. The third kappa shape index (κ3) is 15.3. The van der Waals surface area contributed by atoms with E-state index in [4.69, 9.17) is 0 Å². The van der Waals surface area contributed by atoms with Gasteiger partial charge in [0, 0.05) is 38.3 Å². The minimum absolute atomic E-state index is 0. The summed E-state index contributed by atoms with van der Waals surface area (Å²) >= 11 is 18.6. The fraction of sp³-hybridized carbons (Fsp3) is 0.857. The molecule has 0 bridgehead atoms. The summed E-state index contributed by atoms with van der Waals surface area (Å²) in [6.07, 6.45) is 1.42. The zero-order chi connectivity index (χ0) is 21.2. The molecule has 0 aromatic heterocycles. The van der Waals surface area contributed by atoms with Crippen molar-refractivity contribution in [1.82, 2.24) is 21.3 Å². The smallest absolute Gasteiger partial charge is 0.412 e. The number of hydrogen-bond donors (Lipinski definition) is 4. The van der Waals surface area contributed by atoms with E-state index in [2.05, 4.69) is 71.0 Å². The molecule has 0 radical (unpaired) electrons. The molecule has 0 aromatic carbocycles. The van der Waals surface area contributed by atoms with Crippen molar-refractivity contribution in [2.24, 2.45) is 0 Å². The van der Waals surface area contributed by atoms with Crippen LogP contribution in [0.4, 0.5) is 0 Å². The van der Waals surface area contributed by atoms with Gasteiger partial charge in [0.25, 0.3) is 0 Å². The minimum atomic E-state index is -2.78. The molecule has 2 aliphatic rings. The molecule has 164 valence electrons. The molecule has 0 aromatic rings. The van der Waals surface area contributed by atoms with Crippen LogP contribution in [0.3, 0.4) is 0 Å². The molecule has 2 saturated heterocycles. The van der Waals surface area contributed by atoms with Gasteiger partial charge in [-0.2, -0.15) is 0 Å². The van der Waals surface area contributed by atoms with Gasteiger partial charge >= 0.3 is 23.1 Å². The van der Waals surface area contributed by atoms with E-state index in [1.807, 2.05) is 0 Å². The molecule has 0 aliphatic carbocycles. The fourth-order valence-electron chi connectivity index (χ4n) is 2.79. The van der Waals surface area contributed by atoms with Crippen molar-refractivity contribution in [2.45, 2.75) is 24.9 Å². The van der Waals surface area contributed by atoms with Crippen LogP contribution in [0, 0.1) is 0 Å². The van der Waals surface area contributed by atoms with Crippen molar-refractivity contribution < 1.29 is 16.8 Å². The second kappa shape index (κ2) is 14.8. The standard InChI is InChI=1S/2C7H14N2O2S3.Mg/c2*10-14(11)4-1-6(5-14)8-2-3-9-7(12)13;/h2*6,8H,1-5H2,(H2,9,12,13);/q;;+2/p-2. The summed E-state index contributed by atoms with van der Waals surface area (Å²) in [5.74, 6) is 1.12. The van der Waals surface area contributed by atoms with E-state index in [0.717, 1.165) is 0 Å². The minimum Gasteiger partial charge on any atom is -0.412 e. The van der Waals surface area contributed by atoms with Gasteiger partial charge in [0.15, 0.2) is 19.7 Å². The molecular weight excluding hydrogens is 505 g/mol. The van der Waals surface area contributed by atoms with Crippen molar-refractivity contribution in [3.63, 3.8) is 0 Å². The van der Waals surface area contributed by atoms with Crippen molar-refractivity contribution in [2.75, 3.05) is 49.2 Å². The van der Waals surface area contributed by atoms with Crippen LogP contribution in [0.25, 0.3) is 0 Å². The summed E-state index contributed by atoms with van der Waals surface area (Å²) in [4.78, 5) is 0. The number of nitrogens with one attached hydrogen (secondary N) is 4. The predicted molar refractivity (Wildman–Crippen MR) is 132 cm³/mol. The molecule has 2 rings (SSSR count). The second-order valence-corrected chi connectivity index (χ2v) is 13.1. The van der Waals surface area contributed by atoms with E-state index >= 15 is 0 Å². The third-order valence-corrected chi connectivity index (χ3v) is 8.23. The van der Waals surface area contributed by atoms with E-state index in [1.54, 1.807) is 0 Å². The van der Waals surface area contributed by atoms with Gasteiger partial charge in [-0.05, 0) is 12.8 Å². The van der Waals surface area contributed by atoms with Crippen molar-refractivity contribution >= 4 is 101 Å². The van der Waals surface area contributed by atoms with Crippen molar-refractivity contribution in [3.05, 3.63) is 0 Å². The van der Waals surface area contributed by atoms with Crippen molar-refractivity contribution in [3.8, 4) is 0 Å². The molecule has 2 atom stereocenters. The molecule has 0 spiro atoms. The summed E-state index contributed by atoms with van der Waals surface area (Å²) < 4.78 is 45.1. The Balaban J connectivity index is 0.000000523. The van der Waals surface area contributed by atoms with E-state index in [-0.39, 0.29) is 46.6 Å². The van der Waals surface area contributed by atoms with E-state index < -0.39 is 19.7 Å². The topological polar surface area (TPSA) is 116 Å². The Morgan fingerprint density at radius 2 is 1.10 bits per heavy atom. The van der Waals surface area contributed by atoms with Crippen LogP contribution in [0.2, 0.25) is 0 Å². The predicted octanol–water partition coefficient (Wildman–Crippen LogP) is -2.01. The molecule has 2 unspecified atom stereocenters. The number of sulfone groups is 2. The van der Waals surface area contributed by atoms with Crippen LogP contribution in [0.1, 0.15) is 12.8 Å². The first-order valence-electron chi connectivity index (χ1n) is 8.76. The molecule has 15 heteroatoms. The molecule has 8 nitrogen and oxygen atoms in total. The first-order chi connectivity index (χ1) is 13.0. The molecular formula is C14H26MgN4O4S6. The molecule has 4 N–H and O–H groups in total. The Hall–Kier alpha value is 0.806. The van der Waals surface area contributed by atoms with Crippen LogP contribution >= 0.6 is 24.4 Å². The summed E-state index contributed by atoms with van der Waals surface area (Å²) in [6.45, 7) is 2.69. The van der Waals surface area contributed by atoms with Crippen LogP contribution in [0.15, 0.2) is 0 Å². The Morgan fingerprint density at radius 3 is 1.34 bits per heavy atom. The van der Waals surface area contributed by atoms with Gasteiger partial charge in [0.1, 0.15) is 0 Å².